The molecule has 0 aliphatic carbocycles. The Morgan fingerprint density at radius 1 is 0.680 bits per heavy atom. The molecule has 7 heteroatoms. The summed E-state index contributed by atoms with van der Waals surface area (Å²) in [5, 5.41) is 0. The summed E-state index contributed by atoms with van der Waals surface area (Å²) in [4.78, 5) is 47.7. The van der Waals surface area contributed by atoms with Gasteiger partial charge >= 0.3 is 0 Å². The van der Waals surface area contributed by atoms with E-state index < -0.39 is 0 Å². The standard InChI is InChI=1S/C18H20N2O5/c21-15-7-8-16(22)19(15)11-3-1-5-13-25-14-6-2-4-12-20-17(23)9-10-18(20)24/h5-10,13-14H,1-4,11-12H2. The third-order valence-electron chi connectivity index (χ3n) is 3.66. The minimum absolute atomic E-state index is 0.263. The van der Waals surface area contributed by atoms with E-state index in [-0.39, 0.29) is 23.6 Å². The van der Waals surface area contributed by atoms with Crippen molar-refractivity contribution in [3.05, 3.63) is 49.0 Å². The lowest BCUT2D eigenvalue weighted by Gasteiger charge is -2.12. The average Bonchev–Trinajstić information content (AvgIpc) is 3.08. The molecule has 0 radical (unpaired) electrons. The fraction of sp³-hybridized carbons (Fsp3) is 0.333. The highest BCUT2D eigenvalue weighted by atomic mass is 16.5. The molecule has 0 atom stereocenters. The Balaban J connectivity index is 1.48. The molecule has 0 aromatic rings. The Hall–Kier alpha value is -2.96. The molecule has 0 N–H and O–H groups in total. The molecule has 0 bridgehead atoms. The van der Waals surface area contributed by atoms with Crippen LogP contribution in [-0.4, -0.2) is 46.5 Å². The largest absolute Gasteiger partial charge is 0.473 e. The van der Waals surface area contributed by atoms with Crippen molar-refractivity contribution in [1.82, 2.24) is 9.80 Å². The van der Waals surface area contributed by atoms with Crippen LogP contribution in [0.3, 0.4) is 0 Å². The summed E-state index contributed by atoms with van der Waals surface area (Å²) in [6, 6.07) is 0. The molecule has 2 rings (SSSR count). The van der Waals surface area contributed by atoms with Crippen molar-refractivity contribution in [2.24, 2.45) is 0 Å². The summed E-state index contributed by atoms with van der Waals surface area (Å²) >= 11 is 0. The fourth-order valence-electron chi connectivity index (χ4n) is 2.33. The summed E-state index contributed by atoms with van der Waals surface area (Å²) in [5.41, 5.74) is 0. The summed E-state index contributed by atoms with van der Waals surface area (Å²) < 4.78 is 5.18. The van der Waals surface area contributed by atoms with E-state index in [0.717, 1.165) is 0 Å². The summed E-state index contributed by atoms with van der Waals surface area (Å²) in [6.07, 6.45) is 14.6. The number of carbonyl (C=O) groups excluding carboxylic acids is 4. The first-order chi connectivity index (χ1) is 12.1. The van der Waals surface area contributed by atoms with E-state index in [1.165, 1.54) is 34.1 Å². The maximum atomic E-state index is 11.3. The van der Waals surface area contributed by atoms with Crippen LogP contribution in [0.15, 0.2) is 49.0 Å². The van der Waals surface area contributed by atoms with Gasteiger partial charge in [0.1, 0.15) is 0 Å². The summed E-state index contributed by atoms with van der Waals surface area (Å²) in [5.74, 6) is -1.05. The van der Waals surface area contributed by atoms with Crippen LogP contribution in [0.2, 0.25) is 0 Å². The van der Waals surface area contributed by atoms with Crippen LogP contribution < -0.4 is 0 Å². The molecule has 0 unspecified atom stereocenters. The molecule has 0 aromatic heterocycles. The molecule has 25 heavy (non-hydrogen) atoms. The maximum Gasteiger partial charge on any atom is 0.253 e. The van der Waals surface area contributed by atoms with E-state index in [2.05, 4.69) is 0 Å². The first-order valence-corrected chi connectivity index (χ1v) is 8.12. The third kappa shape index (κ3) is 5.56. The second-order valence-corrected chi connectivity index (χ2v) is 5.49. The number of hydrogen-bond donors (Lipinski definition) is 0. The van der Waals surface area contributed by atoms with Crippen molar-refractivity contribution in [3.63, 3.8) is 0 Å². The van der Waals surface area contributed by atoms with E-state index in [1.54, 1.807) is 12.5 Å². The van der Waals surface area contributed by atoms with Gasteiger partial charge in [-0.05, 0) is 37.8 Å². The highest BCUT2D eigenvalue weighted by Gasteiger charge is 2.22. The zero-order chi connectivity index (χ0) is 18.1. The van der Waals surface area contributed by atoms with Gasteiger partial charge in [-0.2, -0.15) is 0 Å². The number of nitrogens with zero attached hydrogens (tertiary/aromatic N) is 2. The summed E-state index contributed by atoms with van der Waals surface area (Å²) in [7, 11) is 0. The van der Waals surface area contributed by atoms with Gasteiger partial charge in [0.05, 0.1) is 12.5 Å². The predicted octanol–water partition coefficient (Wildman–Crippen LogP) is 1.44. The predicted molar refractivity (Wildman–Crippen MR) is 89.6 cm³/mol. The molecule has 7 nitrogen and oxygen atoms in total. The van der Waals surface area contributed by atoms with E-state index in [9.17, 15) is 19.2 Å². The van der Waals surface area contributed by atoms with Crippen molar-refractivity contribution in [2.75, 3.05) is 13.1 Å². The maximum absolute atomic E-state index is 11.3. The zero-order valence-corrected chi connectivity index (χ0v) is 13.8. The van der Waals surface area contributed by atoms with Gasteiger partial charge in [0.15, 0.2) is 0 Å². The molecular weight excluding hydrogens is 324 g/mol. The molecule has 0 fully saturated rings. The first-order valence-electron chi connectivity index (χ1n) is 8.12. The van der Waals surface area contributed by atoms with Crippen LogP contribution in [0.1, 0.15) is 25.7 Å². The molecule has 0 aromatic carbocycles. The van der Waals surface area contributed by atoms with Gasteiger partial charge in [-0.15, -0.1) is 0 Å². The van der Waals surface area contributed by atoms with Crippen molar-refractivity contribution in [2.45, 2.75) is 25.7 Å². The molecule has 0 saturated carbocycles. The van der Waals surface area contributed by atoms with E-state index in [4.69, 9.17) is 4.74 Å². The second kappa shape index (κ2) is 9.36. The Kier molecular flexibility index (Phi) is 6.88. The number of ether oxygens (including phenoxy) is 1. The SMILES string of the molecule is O=C1C=CC(=O)N1CCCC=COC=CCCCN1C(=O)C=CC1=O. The van der Waals surface area contributed by atoms with E-state index in [1.807, 2.05) is 12.2 Å². The van der Waals surface area contributed by atoms with Crippen molar-refractivity contribution < 1.29 is 23.9 Å². The number of imide groups is 2. The number of allylic oxidation sites excluding steroid dienone is 2. The molecule has 0 saturated heterocycles. The van der Waals surface area contributed by atoms with Crippen LogP contribution in [0.5, 0.6) is 0 Å². The molecule has 4 amide bonds. The van der Waals surface area contributed by atoms with Gasteiger partial charge in [-0.3, -0.25) is 29.0 Å². The minimum atomic E-state index is -0.263. The van der Waals surface area contributed by atoms with Crippen molar-refractivity contribution in [3.8, 4) is 0 Å². The van der Waals surface area contributed by atoms with Gasteiger partial charge in [0.2, 0.25) is 0 Å². The summed E-state index contributed by atoms with van der Waals surface area (Å²) in [6.45, 7) is 0.793. The van der Waals surface area contributed by atoms with Gasteiger partial charge in [-0.25, -0.2) is 0 Å². The molecule has 2 heterocycles. The normalized spacial score (nSPS) is 17.3. The number of carbonyl (C=O) groups is 4. The monoisotopic (exact) mass is 344 g/mol. The van der Waals surface area contributed by atoms with Gasteiger partial charge in [-0.1, -0.05) is 0 Å². The van der Waals surface area contributed by atoms with E-state index >= 15 is 0 Å². The minimum Gasteiger partial charge on any atom is -0.473 e. The third-order valence-corrected chi connectivity index (χ3v) is 3.66. The molecule has 2 aliphatic heterocycles. The smallest absolute Gasteiger partial charge is 0.253 e. The molecule has 2 aliphatic rings. The second-order valence-electron chi connectivity index (χ2n) is 5.49. The topological polar surface area (TPSA) is 84.0 Å². The molecular formula is C18H20N2O5. The van der Waals surface area contributed by atoms with Gasteiger partial charge < -0.3 is 4.74 Å². The zero-order valence-electron chi connectivity index (χ0n) is 13.8. The average molecular weight is 344 g/mol. The lowest BCUT2D eigenvalue weighted by molar-refractivity contribution is -0.138. The highest BCUT2D eigenvalue weighted by Crippen LogP contribution is 2.07. The molecule has 0 spiro atoms. The number of rotatable bonds is 10. The fourth-order valence-corrected chi connectivity index (χ4v) is 2.33. The van der Waals surface area contributed by atoms with Gasteiger partial charge in [0.25, 0.3) is 23.6 Å². The van der Waals surface area contributed by atoms with Crippen LogP contribution >= 0.6 is 0 Å². The van der Waals surface area contributed by atoms with Crippen LogP contribution in [-0.2, 0) is 23.9 Å². The lowest BCUT2D eigenvalue weighted by Crippen LogP contribution is -2.30. The first kappa shape index (κ1) is 18.4. The van der Waals surface area contributed by atoms with E-state index in [0.29, 0.717) is 38.8 Å². The van der Waals surface area contributed by atoms with Crippen LogP contribution in [0.25, 0.3) is 0 Å². The quantitative estimate of drug-likeness (QED) is 0.340. The number of amides is 4. The highest BCUT2D eigenvalue weighted by molar-refractivity contribution is 6.13. The van der Waals surface area contributed by atoms with Gasteiger partial charge in [0, 0.05) is 37.4 Å². The Morgan fingerprint density at radius 2 is 1.04 bits per heavy atom. The van der Waals surface area contributed by atoms with Crippen molar-refractivity contribution in [1.29, 1.82) is 0 Å². The Bertz CT molecular complexity index is 568. The Morgan fingerprint density at radius 3 is 1.40 bits per heavy atom. The lowest BCUT2D eigenvalue weighted by atomic mass is 10.3. The Labute approximate surface area is 145 Å². The molecule has 132 valence electrons. The van der Waals surface area contributed by atoms with Crippen molar-refractivity contribution >= 4 is 23.6 Å². The van der Waals surface area contributed by atoms with Crippen LogP contribution in [0.4, 0.5) is 0 Å². The number of hydrogen-bond acceptors (Lipinski definition) is 5. The number of unbranched alkanes of at least 4 members (excludes halogenated alkanes) is 2. The van der Waals surface area contributed by atoms with Crippen LogP contribution in [0, 0.1) is 0 Å².